The van der Waals surface area contributed by atoms with E-state index < -0.39 is 29.0 Å². The molecular formula is C13H9F3O3S. The van der Waals surface area contributed by atoms with Crippen LogP contribution in [0, 0.1) is 0 Å². The van der Waals surface area contributed by atoms with Crippen molar-refractivity contribution in [3.8, 4) is 16.2 Å². The third-order valence-electron chi connectivity index (χ3n) is 2.62. The average molecular weight is 302 g/mol. The predicted molar refractivity (Wildman–Crippen MR) is 67.8 cm³/mol. The van der Waals surface area contributed by atoms with E-state index in [4.69, 9.17) is 0 Å². The number of thiophene rings is 1. The Balaban J connectivity index is 2.69. The van der Waals surface area contributed by atoms with Gasteiger partial charge in [-0.25, -0.2) is 4.79 Å². The SMILES string of the molecule is COC(=O)c1c(O)cc(-c2cccs2)cc1C(F)(F)F. The van der Waals surface area contributed by atoms with Crippen LogP contribution in [-0.2, 0) is 10.9 Å². The summed E-state index contributed by atoms with van der Waals surface area (Å²) in [4.78, 5) is 12.0. The summed E-state index contributed by atoms with van der Waals surface area (Å²) in [6.45, 7) is 0. The van der Waals surface area contributed by atoms with Gasteiger partial charge >= 0.3 is 12.1 Å². The number of aromatic hydroxyl groups is 1. The molecule has 0 aliphatic heterocycles. The zero-order chi connectivity index (χ0) is 14.9. The summed E-state index contributed by atoms with van der Waals surface area (Å²) < 4.78 is 43.4. The van der Waals surface area contributed by atoms with E-state index in [1.54, 1.807) is 17.5 Å². The fraction of sp³-hybridized carbons (Fsp3) is 0.154. The minimum Gasteiger partial charge on any atom is -0.507 e. The lowest BCUT2D eigenvalue weighted by atomic mass is 10.0. The van der Waals surface area contributed by atoms with Crippen LogP contribution in [0.3, 0.4) is 0 Å². The number of carbonyl (C=O) groups excluding carboxylic acids is 1. The molecule has 0 amide bonds. The molecule has 3 nitrogen and oxygen atoms in total. The second kappa shape index (κ2) is 5.16. The van der Waals surface area contributed by atoms with Crippen LogP contribution in [-0.4, -0.2) is 18.2 Å². The molecule has 2 rings (SSSR count). The van der Waals surface area contributed by atoms with Gasteiger partial charge < -0.3 is 9.84 Å². The van der Waals surface area contributed by atoms with Crippen LogP contribution >= 0.6 is 11.3 Å². The number of esters is 1. The van der Waals surface area contributed by atoms with Crippen molar-refractivity contribution in [2.45, 2.75) is 6.18 Å². The highest BCUT2D eigenvalue weighted by molar-refractivity contribution is 7.13. The monoisotopic (exact) mass is 302 g/mol. The topological polar surface area (TPSA) is 46.5 Å². The number of phenolic OH excluding ortho intramolecular Hbond substituents is 1. The maximum Gasteiger partial charge on any atom is 0.417 e. The largest absolute Gasteiger partial charge is 0.507 e. The Kier molecular flexibility index (Phi) is 3.71. The first kappa shape index (κ1) is 14.4. The number of carbonyl (C=O) groups is 1. The number of rotatable bonds is 2. The Hall–Kier alpha value is -2.02. The van der Waals surface area contributed by atoms with Gasteiger partial charge in [0.1, 0.15) is 11.3 Å². The lowest BCUT2D eigenvalue weighted by Crippen LogP contribution is -2.14. The Labute approximate surface area is 116 Å². The minimum atomic E-state index is -4.77. The quantitative estimate of drug-likeness (QED) is 0.855. The van der Waals surface area contributed by atoms with Gasteiger partial charge in [-0.15, -0.1) is 11.3 Å². The molecule has 1 heterocycles. The first-order valence-corrected chi connectivity index (χ1v) is 6.29. The Morgan fingerprint density at radius 2 is 2.05 bits per heavy atom. The molecule has 1 N–H and O–H groups in total. The van der Waals surface area contributed by atoms with E-state index in [1.807, 2.05) is 0 Å². The zero-order valence-corrected chi connectivity index (χ0v) is 11.0. The number of alkyl halides is 3. The van der Waals surface area contributed by atoms with Crippen molar-refractivity contribution in [1.29, 1.82) is 0 Å². The van der Waals surface area contributed by atoms with Crippen LogP contribution in [0.25, 0.3) is 10.4 Å². The molecule has 0 bridgehead atoms. The molecule has 0 spiro atoms. The van der Waals surface area contributed by atoms with Crippen LogP contribution in [0.5, 0.6) is 5.75 Å². The van der Waals surface area contributed by atoms with Crippen molar-refractivity contribution in [3.05, 3.63) is 40.8 Å². The van der Waals surface area contributed by atoms with Crippen molar-refractivity contribution in [2.24, 2.45) is 0 Å². The third-order valence-corrected chi connectivity index (χ3v) is 3.54. The van der Waals surface area contributed by atoms with E-state index in [0.29, 0.717) is 4.88 Å². The van der Waals surface area contributed by atoms with Crippen molar-refractivity contribution < 1.29 is 27.8 Å². The molecule has 106 valence electrons. The van der Waals surface area contributed by atoms with Crippen LogP contribution < -0.4 is 0 Å². The molecule has 0 radical (unpaired) electrons. The fourth-order valence-electron chi connectivity index (χ4n) is 1.75. The van der Waals surface area contributed by atoms with Gasteiger partial charge in [0.2, 0.25) is 0 Å². The molecule has 0 aliphatic rings. The lowest BCUT2D eigenvalue weighted by molar-refractivity contribution is -0.138. The van der Waals surface area contributed by atoms with Crippen molar-refractivity contribution in [3.63, 3.8) is 0 Å². The molecule has 20 heavy (non-hydrogen) atoms. The first-order chi connectivity index (χ1) is 9.34. The summed E-state index contributed by atoms with van der Waals surface area (Å²) in [5.41, 5.74) is -1.90. The second-order valence-corrected chi connectivity index (χ2v) is 4.83. The number of ether oxygens (including phenoxy) is 1. The van der Waals surface area contributed by atoms with E-state index in [2.05, 4.69) is 4.74 Å². The Bertz CT molecular complexity index is 633. The van der Waals surface area contributed by atoms with Crippen molar-refractivity contribution in [1.82, 2.24) is 0 Å². The van der Waals surface area contributed by atoms with Gasteiger partial charge in [-0.1, -0.05) is 6.07 Å². The second-order valence-electron chi connectivity index (χ2n) is 3.88. The molecule has 0 saturated heterocycles. The molecule has 7 heteroatoms. The first-order valence-electron chi connectivity index (χ1n) is 5.41. The summed E-state index contributed by atoms with van der Waals surface area (Å²) in [6.07, 6.45) is -4.77. The summed E-state index contributed by atoms with van der Waals surface area (Å²) in [6, 6.07) is 5.25. The average Bonchev–Trinajstić information content (AvgIpc) is 2.89. The molecular weight excluding hydrogens is 293 g/mol. The van der Waals surface area contributed by atoms with Gasteiger partial charge in [-0.3, -0.25) is 0 Å². The van der Waals surface area contributed by atoms with E-state index >= 15 is 0 Å². The van der Waals surface area contributed by atoms with Crippen LogP contribution in [0.1, 0.15) is 15.9 Å². The van der Waals surface area contributed by atoms with Crippen LogP contribution in [0.2, 0.25) is 0 Å². The number of benzene rings is 1. The van der Waals surface area contributed by atoms with Crippen molar-refractivity contribution >= 4 is 17.3 Å². The van der Waals surface area contributed by atoms with Gasteiger partial charge in [0.05, 0.1) is 12.7 Å². The number of halogens is 3. The third kappa shape index (κ3) is 2.62. The van der Waals surface area contributed by atoms with Gasteiger partial charge in [0, 0.05) is 4.88 Å². The summed E-state index contributed by atoms with van der Waals surface area (Å²) in [7, 11) is 0.953. The van der Waals surface area contributed by atoms with E-state index in [0.717, 1.165) is 19.2 Å². The molecule has 2 aromatic rings. The highest BCUT2D eigenvalue weighted by Gasteiger charge is 2.38. The van der Waals surface area contributed by atoms with Gasteiger partial charge in [-0.05, 0) is 29.1 Å². The normalized spacial score (nSPS) is 11.4. The fourth-order valence-corrected chi connectivity index (χ4v) is 2.47. The molecule has 0 atom stereocenters. The molecule has 0 saturated carbocycles. The smallest absolute Gasteiger partial charge is 0.417 e. The Morgan fingerprint density at radius 3 is 2.55 bits per heavy atom. The molecule has 0 fully saturated rings. The number of hydrogen-bond acceptors (Lipinski definition) is 4. The minimum absolute atomic E-state index is 0.192. The highest BCUT2D eigenvalue weighted by atomic mass is 32.1. The van der Waals surface area contributed by atoms with Crippen molar-refractivity contribution in [2.75, 3.05) is 7.11 Å². The molecule has 1 aromatic heterocycles. The van der Waals surface area contributed by atoms with E-state index in [-0.39, 0.29) is 5.56 Å². The molecule has 1 aromatic carbocycles. The highest BCUT2D eigenvalue weighted by Crippen LogP contribution is 2.40. The standard InChI is InChI=1S/C13H9F3O3S/c1-19-12(18)11-8(13(14,15)16)5-7(6-9(11)17)10-3-2-4-20-10/h2-6,17H,1H3. The number of methoxy groups -OCH3 is 1. The zero-order valence-electron chi connectivity index (χ0n) is 10.2. The summed E-state index contributed by atoms with van der Waals surface area (Å²) in [5, 5.41) is 11.4. The molecule has 0 unspecified atom stereocenters. The maximum atomic E-state index is 13.0. The number of phenols is 1. The lowest BCUT2D eigenvalue weighted by Gasteiger charge is -2.14. The number of hydrogen-bond donors (Lipinski definition) is 1. The predicted octanol–water partition coefficient (Wildman–Crippen LogP) is 3.93. The van der Waals surface area contributed by atoms with Gasteiger partial charge in [0.15, 0.2) is 0 Å². The summed E-state index contributed by atoms with van der Waals surface area (Å²) in [5.74, 6) is -1.98. The molecule has 0 aliphatic carbocycles. The maximum absolute atomic E-state index is 13.0. The van der Waals surface area contributed by atoms with E-state index in [1.165, 1.54) is 11.3 Å². The van der Waals surface area contributed by atoms with Crippen LogP contribution in [0.4, 0.5) is 13.2 Å². The van der Waals surface area contributed by atoms with Gasteiger partial charge in [-0.2, -0.15) is 13.2 Å². The Morgan fingerprint density at radius 1 is 1.35 bits per heavy atom. The van der Waals surface area contributed by atoms with E-state index in [9.17, 15) is 23.1 Å². The summed E-state index contributed by atoms with van der Waals surface area (Å²) >= 11 is 1.23. The van der Waals surface area contributed by atoms with Crippen LogP contribution in [0.15, 0.2) is 29.6 Å². The van der Waals surface area contributed by atoms with Gasteiger partial charge in [0.25, 0.3) is 0 Å².